The highest BCUT2D eigenvalue weighted by Gasteiger charge is 2.14. The summed E-state index contributed by atoms with van der Waals surface area (Å²) in [5, 5.41) is 4.02. The van der Waals surface area contributed by atoms with Crippen molar-refractivity contribution in [3.63, 3.8) is 0 Å². The van der Waals surface area contributed by atoms with Crippen molar-refractivity contribution in [2.75, 3.05) is 11.5 Å². The van der Waals surface area contributed by atoms with Crippen LogP contribution in [0.3, 0.4) is 0 Å². The molecule has 6 N–H and O–H groups in total. The molecule has 0 aliphatic heterocycles. The molecule has 1 rings (SSSR count). The first-order chi connectivity index (χ1) is 5.54. The van der Waals surface area contributed by atoms with Crippen LogP contribution in [0.25, 0.3) is 0 Å². The molecule has 0 aromatic carbocycles. The summed E-state index contributed by atoms with van der Waals surface area (Å²) < 4.78 is 1.64. The van der Waals surface area contributed by atoms with Crippen LogP contribution < -0.4 is 17.2 Å². The van der Waals surface area contributed by atoms with E-state index in [1.54, 1.807) is 4.68 Å². The summed E-state index contributed by atoms with van der Waals surface area (Å²) in [5.41, 5.74) is 17.4. The summed E-state index contributed by atoms with van der Waals surface area (Å²) in [5.74, 6) is 0.486. The first-order valence-corrected chi connectivity index (χ1v) is 3.88. The monoisotopic (exact) mass is 169 g/mol. The Morgan fingerprint density at radius 2 is 2.00 bits per heavy atom. The molecule has 0 radical (unpaired) electrons. The van der Waals surface area contributed by atoms with Gasteiger partial charge in [-0.3, -0.25) is 0 Å². The van der Waals surface area contributed by atoms with E-state index in [1.165, 1.54) is 6.20 Å². The van der Waals surface area contributed by atoms with Crippen molar-refractivity contribution in [3.05, 3.63) is 6.20 Å². The van der Waals surface area contributed by atoms with Crippen LogP contribution in [-0.4, -0.2) is 15.8 Å². The molecule has 5 heteroatoms. The highest BCUT2D eigenvalue weighted by atomic mass is 15.3. The van der Waals surface area contributed by atoms with E-state index in [4.69, 9.17) is 17.2 Å². The molecule has 0 aliphatic rings. The molecular formula is C7H15N5. The topological polar surface area (TPSA) is 95.9 Å². The molecule has 0 bridgehead atoms. The molecule has 2 unspecified atom stereocenters. The van der Waals surface area contributed by atoms with Crippen molar-refractivity contribution in [2.45, 2.75) is 25.9 Å². The molecule has 0 amide bonds. The largest absolute Gasteiger partial charge is 0.394 e. The lowest BCUT2D eigenvalue weighted by Gasteiger charge is -2.17. The third-order valence-electron chi connectivity index (χ3n) is 2.01. The Bertz CT molecular complexity index is 265. The number of nitrogen functional groups attached to an aromatic ring is 2. The summed E-state index contributed by atoms with van der Waals surface area (Å²) in [6.07, 6.45) is 1.54. The van der Waals surface area contributed by atoms with Crippen molar-refractivity contribution in [1.29, 1.82) is 0 Å². The predicted molar refractivity (Wildman–Crippen MR) is 49.4 cm³/mol. The molecule has 0 saturated heterocycles. The molecule has 0 saturated carbocycles. The molecule has 1 heterocycles. The van der Waals surface area contributed by atoms with Gasteiger partial charge in [0.1, 0.15) is 5.82 Å². The van der Waals surface area contributed by atoms with Gasteiger partial charge in [0, 0.05) is 6.04 Å². The standard InChI is InChI=1S/C7H15N5/c1-4(8)5(2)12-7(10)6(9)3-11-12/h3-5H,8-10H2,1-2H3. The fourth-order valence-electron chi connectivity index (χ4n) is 0.932. The SMILES string of the molecule is CC(N)C(C)n1ncc(N)c1N. The second-order valence-corrected chi connectivity index (χ2v) is 3.03. The molecule has 68 valence electrons. The van der Waals surface area contributed by atoms with Crippen LogP contribution in [0, 0.1) is 0 Å². The highest BCUT2D eigenvalue weighted by molar-refractivity contribution is 5.57. The zero-order valence-electron chi connectivity index (χ0n) is 7.36. The molecule has 0 spiro atoms. The summed E-state index contributed by atoms with van der Waals surface area (Å²) in [6, 6.07) is 0.0777. The average molecular weight is 169 g/mol. The van der Waals surface area contributed by atoms with Crippen molar-refractivity contribution in [1.82, 2.24) is 9.78 Å². The van der Waals surface area contributed by atoms with Gasteiger partial charge in [0.05, 0.1) is 17.9 Å². The first-order valence-electron chi connectivity index (χ1n) is 3.88. The minimum atomic E-state index is 0.00611. The molecule has 1 aromatic heterocycles. The van der Waals surface area contributed by atoms with E-state index in [0.717, 1.165) is 0 Å². The number of rotatable bonds is 2. The van der Waals surface area contributed by atoms with E-state index < -0.39 is 0 Å². The van der Waals surface area contributed by atoms with Gasteiger partial charge in [-0.1, -0.05) is 0 Å². The van der Waals surface area contributed by atoms with Crippen LogP contribution in [0.15, 0.2) is 6.20 Å². The van der Waals surface area contributed by atoms with E-state index in [1.807, 2.05) is 13.8 Å². The maximum absolute atomic E-state index is 5.69. The van der Waals surface area contributed by atoms with Crippen LogP contribution in [-0.2, 0) is 0 Å². The minimum Gasteiger partial charge on any atom is -0.394 e. The highest BCUT2D eigenvalue weighted by Crippen LogP contribution is 2.19. The van der Waals surface area contributed by atoms with E-state index in [2.05, 4.69) is 5.10 Å². The lowest BCUT2D eigenvalue weighted by Crippen LogP contribution is -2.28. The van der Waals surface area contributed by atoms with Crippen LogP contribution in [0.4, 0.5) is 11.5 Å². The Kier molecular flexibility index (Phi) is 2.23. The molecule has 0 fully saturated rings. The number of hydrogen-bond acceptors (Lipinski definition) is 4. The minimum absolute atomic E-state index is 0.00611. The van der Waals surface area contributed by atoms with Crippen molar-refractivity contribution in [3.8, 4) is 0 Å². The predicted octanol–water partition coefficient (Wildman–Crippen LogP) is -0.0443. The van der Waals surface area contributed by atoms with E-state index in [9.17, 15) is 0 Å². The zero-order valence-corrected chi connectivity index (χ0v) is 7.36. The Hall–Kier alpha value is -1.23. The Balaban J connectivity index is 2.95. The Labute approximate surface area is 71.5 Å². The molecule has 12 heavy (non-hydrogen) atoms. The lowest BCUT2D eigenvalue weighted by molar-refractivity contribution is 0.431. The third kappa shape index (κ3) is 1.35. The smallest absolute Gasteiger partial charge is 0.145 e. The van der Waals surface area contributed by atoms with Gasteiger partial charge >= 0.3 is 0 Å². The lowest BCUT2D eigenvalue weighted by atomic mass is 10.2. The molecule has 2 atom stereocenters. The maximum atomic E-state index is 5.69. The van der Waals surface area contributed by atoms with Crippen LogP contribution >= 0.6 is 0 Å². The normalized spacial score (nSPS) is 15.9. The second-order valence-electron chi connectivity index (χ2n) is 3.03. The maximum Gasteiger partial charge on any atom is 0.145 e. The number of aromatic nitrogens is 2. The van der Waals surface area contributed by atoms with Gasteiger partial charge in [-0.25, -0.2) is 4.68 Å². The van der Waals surface area contributed by atoms with Crippen molar-refractivity contribution >= 4 is 11.5 Å². The molecule has 5 nitrogen and oxygen atoms in total. The van der Waals surface area contributed by atoms with Gasteiger partial charge in [0.15, 0.2) is 0 Å². The van der Waals surface area contributed by atoms with E-state index in [0.29, 0.717) is 11.5 Å². The number of nitrogens with zero attached hydrogens (tertiary/aromatic N) is 2. The molecule has 1 aromatic rings. The van der Waals surface area contributed by atoms with E-state index >= 15 is 0 Å². The quantitative estimate of drug-likeness (QED) is 0.578. The first kappa shape index (κ1) is 8.86. The Morgan fingerprint density at radius 3 is 2.33 bits per heavy atom. The fourth-order valence-corrected chi connectivity index (χ4v) is 0.932. The van der Waals surface area contributed by atoms with Crippen molar-refractivity contribution < 1.29 is 0 Å². The van der Waals surface area contributed by atoms with Gasteiger partial charge in [-0.05, 0) is 13.8 Å². The van der Waals surface area contributed by atoms with Gasteiger partial charge in [-0.15, -0.1) is 0 Å². The van der Waals surface area contributed by atoms with Crippen molar-refractivity contribution in [2.24, 2.45) is 5.73 Å². The number of hydrogen-bond donors (Lipinski definition) is 3. The second kappa shape index (κ2) is 3.02. The average Bonchev–Trinajstić information content (AvgIpc) is 2.32. The summed E-state index contributed by atoms with van der Waals surface area (Å²) >= 11 is 0. The third-order valence-corrected chi connectivity index (χ3v) is 2.01. The van der Waals surface area contributed by atoms with Gasteiger partial charge in [0.2, 0.25) is 0 Å². The van der Waals surface area contributed by atoms with Crippen LogP contribution in [0.5, 0.6) is 0 Å². The van der Waals surface area contributed by atoms with E-state index in [-0.39, 0.29) is 12.1 Å². The van der Waals surface area contributed by atoms with Gasteiger partial charge in [-0.2, -0.15) is 5.10 Å². The summed E-state index contributed by atoms with van der Waals surface area (Å²) in [4.78, 5) is 0. The zero-order chi connectivity index (χ0) is 9.30. The number of anilines is 2. The van der Waals surface area contributed by atoms with Gasteiger partial charge < -0.3 is 17.2 Å². The number of nitrogens with two attached hydrogens (primary N) is 3. The summed E-state index contributed by atoms with van der Waals surface area (Å²) in [6.45, 7) is 3.86. The summed E-state index contributed by atoms with van der Waals surface area (Å²) in [7, 11) is 0. The molecule has 0 aliphatic carbocycles. The van der Waals surface area contributed by atoms with Gasteiger partial charge in [0.25, 0.3) is 0 Å². The Morgan fingerprint density at radius 1 is 1.42 bits per heavy atom. The fraction of sp³-hybridized carbons (Fsp3) is 0.571. The molecular weight excluding hydrogens is 154 g/mol. The van der Waals surface area contributed by atoms with Crippen LogP contribution in [0.2, 0.25) is 0 Å². The van der Waals surface area contributed by atoms with Crippen LogP contribution in [0.1, 0.15) is 19.9 Å².